The molecule has 7 nitrogen and oxygen atoms in total. The van der Waals surface area contributed by atoms with Crippen LogP contribution in [0.2, 0.25) is 0 Å². The summed E-state index contributed by atoms with van der Waals surface area (Å²) in [6.45, 7) is 6.58. The molecule has 0 saturated carbocycles. The number of carbonyl (C=O) groups is 2. The van der Waals surface area contributed by atoms with Gasteiger partial charge in [0.15, 0.2) is 0 Å². The van der Waals surface area contributed by atoms with Crippen molar-refractivity contribution < 1.29 is 22.4 Å². The first-order valence-electron chi connectivity index (χ1n) is 10.3. The lowest BCUT2D eigenvalue weighted by Gasteiger charge is -2.33. The molecule has 0 radical (unpaired) electrons. The first kappa shape index (κ1) is 26.8. The average Bonchev–Trinajstić information content (AvgIpc) is 2.68. The quantitative estimate of drug-likeness (QED) is 0.552. The minimum atomic E-state index is -3.90. The van der Waals surface area contributed by atoms with Crippen LogP contribution in [0.3, 0.4) is 0 Å². The topological polar surface area (TPSA) is 86.8 Å². The Kier molecular flexibility index (Phi) is 8.64. The van der Waals surface area contributed by atoms with Gasteiger partial charge in [-0.2, -0.15) is 0 Å². The normalized spacial score (nSPS) is 12.7. The fraction of sp³-hybridized carbons (Fsp3) is 0.391. The van der Waals surface area contributed by atoms with Crippen molar-refractivity contribution in [3.05, 3.63) is 64.4 Å². The molecule has 0 fully saturated rings. The van der Waals surface area contributed by atoms with Crippen molar-refractivity contribution in [3.63, 3.8) is 0 Å². The van der Waals surface area contributed by atoms with Gasteiger partial charge in [0.05, 0.1) is 11.9 Å². The Hall–Kier alpha value is -2.46. The number of nitrogens with one attached hydrogen (secondary N) is 1. The van der Waals surface area contributed by atoms with E-state index >= 15 is 0 Å². The zero-order chi connectivity index (χ0) is 25.0. The average molecular weight is 542 g/mol. The van der Waals surface area contributed by atoms with Crippen LogP contribution in [0.5, 0.6) is 0 Å². The van der Waals surface area contributed by atoms with Crippen molar-refractivity contribution in [2.24, 2.45) is 0 Å². The molecule has 2 rings (SSSR count). The monoisotopic (exact) mass is 541 g/mol. The predicted octanol–water partition coefficient (Wildman–Crippen LogP) is 3.69. The Morgan fingerprint density at radius 2 is 1.73 bits per heavy atom. The molecule has 33 heavy (non-hydrogen) atoms. The molecule has 0 heterocycles. The van der Waals surface area contributed by atoms with E-state index in [4.69, 9.17) is 0 Å². The molecule has 0 aliphatic carbocycles. The fourth-order valence-corrected chi connectivity index (χ4v) is 4.19. The Morgan fingerprint density at radius 3 is 2.24 bits per heavy atom. The molecule has 0 saturated heterocycles. The van der Waals surface area contributed by atoms with Crippen LogP contribution in [0.25, 0.3) is 0 Å². The summed E-state index contributed by atoms with van der Waals surface area (Å²) in [5, 5.41) is 2.85. The van der Waals surface area contributed by atoms with Gasteiger partial charge in [-0.3, -0.25) is 13.9 Å². The summed E-state index contributed by atoms with van der Waals surface area (Å²) in [5.74, 6) is -1.59. The molecule has 0 unspecified atom stereocenters. The molecule has 180 valence electrons. The molecule has 0 bridgehead atoms. The van der Waals surface area contributed by atoms with E-state index < -0.39 is 39.9 Å². The van der Waals surface area contributed by atoms with Gasteiger partial charge in [0.2, 0.25) is 21.8 Å². The predicted molar refractivity (Wildman–Crippen MR) is 131 cm³/mol. The molecular formula is C23H29BrFN3O4S. The second kappa shape index (κ2) is 10.6. The molecule has 0 aliphatic heterocycles. The lowest BCUT2D eigenvalue weighted by molar-refractivity contribution is -0.140. The van der Waals surface area contributed by atoms with E-state index in [0.717, 1.165) is 26.7 Å². The highest BCUT2D eigenvalue weighted by atomic mass is 79.9. The van der Waals surface area contributed by atoms with Gasteiger partial charge in [0.25, 0.3) is 0 Å². The molecular weight excluding hydrogens is 513 g/mol. The third-order valence-corrected chi connectivity index (χ3v) is 6.38. The van der Waals surface area contributed by atoms with Gasteiger partial charge in [-0.05, 0) is 63.6 Å². The van der Waals surface area contributed by atoms with E-state index in [9.17, 15) is 22.4 Å². The molecule has 2 aromatic carbocycles. The summed E-state index contributed by atoms with van der Waals surface area (Å²) in [7, 11) is -3.90. The molecule has 10 heteroatoms. The first-order valence-corrected chi connectivity index (χ1v) is 12.9. The lowest BCUT2D eigenvalue weighted by Crippen LogP contribution is -2.54. The van der Waals surface area contributed by atoms with Crippen LogP contribution >= 0.6 is 15.9 Å². The SMILES string of the molecule is C[C@H](C(=O)NC(C)(C)C)N(Cc1ccc(Br)cc1)C(=O)CN(c1cccc(F)c1)S(C)(=O)=O. The maximum atomic E-state index is 13.7. The number of hydrogen-bond donors (Lipinski definition) is 1. The second-order valence-corrected chi connectivity index (χ2v) is 11.6. The molecule has 1 N–H and O–H groups in total. The van der Waals surface area contributed by atoms with E-state index in [0.29, 0.717) is 0 Å². The van der Waals surface area contributed by atoms with Gasteiger partial charge in [-0.1, -0.05) is 34.1 Å². The Bertz CT molecular complexity index is 1100. The molecule has 0 spiro atoms. The van der Waals surface area contributed by atoms with Gasteiger partial charge in [0, 0.05) is 16.6 Å². The second-order valence-electron chi connectivity index (χ2n) is 8.81. The van der Waals surface area contributed by atoms with Gasteiger partial charge >= 0.3 is 0 Å². The van der Waals surface area contributed by atoms with Crippen molar-refractivity contribution in [3.8, 4) is 0 Å². The van der Waals surface area contributed by atoms with Crippen LogP contribution in [0.15, 0.2) is 53.0 Å². The Labute approximate surface area is 203 Å². The minimum absolute atomic E-state index is 0.0289. The number of rotatable bonds is 8. The maximum absolute atomic E-state index is 13.7. The number of benzene rings is 2. The Balaban J connectivity index is 2.39. The van der Waals surface area contributed by atoms with Crippen LogP contribution in [0.1, 0.15) is 33.3 Å². The van der Waals surface area contributed by atoms with Crippen LogP contribution in [-0.4, -0.2) is 49.5 Å². The standard InChI is InChI=1S/C23H29BrFN3O4S/c1-16(22(30)26-23(2,3)4)27(14-17-9-11-18(24)12-10-17)21(29)15-28(33(5,31)32)20-8-6-7-19(25)13-20/h6-13,16H,14-15H2,1-5H3,(H,26,30)/t16-/m1/s1. The highest BCUT2D eigenvalue weighted by Gasteiger charge is 2.31. The van der Waals surface area contributed by atoms with E-state index in [-0.39, 0.29) is 18.1 Å². The zero-order valence-electron chi connectivity index (χ0n) is 19.3. The highest BCUT2D eigenvalue weighted by Crippen LogP contribution is 2.20. The van der Waals surface area contributed by atoms with Gasteiger partial charge < -0.3 is 10.2 Å². The number of halogens is 2. The van der Waals surface area contributed by atoms with Crippen molar-refractivity contribution >= 4 is 43.5 Å². The summed E-state index contributed by atoms with van der Waals surface area (Å²) >= 11 is 3.36. The molecule has 0 aromatic heterocycles. The highest BCUT2D eigenvalue weighted by molar-refractivity contribution is 9.10. The third-order valence-electron chi connectivity index (χ3n) is 4.71. The van der Waals surface area contributed by atoms with E-state index in [1.54, 1.807) is 19.1 Å². The smallest absolute Gasteiger partial charge is 0.244 e. The molecule has 2 aromatic rings. The van der Waals surface area contributed by atoms with Crippen molar-refractivity contribution in [2.45, 2.75) is 45.8 Å². The lowest BCUT2D eigenvalue weighted by atomic mass is 10.1. The molecule has 1 atom stereocenters. The third kappa shape index (κ3) is 8.12. The number of carbonyl (C=O) groups excluding carboxylic acids is 2. The first-order chi connectivity index (χ1) is 15.2. The largest absolute Gasteiger partial charge is 0.350 e. The minimum Gasteiger partial charge on any atom is -0.350 e. The maximum Gasteiger partial charge on any atom is 0.244 e. The Morgan fingerprint density at radius 1 is 1.12 bits per heavy atom. The van der Waals surface area contributed by atoms with Gasteiger partial charge in [-0.25, -0.2) is 12.8 Å². The number of hydrogen-bond acceptors (Lipinski definition) is 4. The van der Waals surface area contributed by atoms with Crippen LogP contribution in [-0.2, 0) is 26.2 Å². The van der Waals surface area contributed by atoms with Crippen molar-refractivity contribution in [2.75, 3.05) is 17.1 Å². The number of nitrogens with zero attached hydrogens (tertiary/aromatic N) is 2. The van der Waals surface area contributed by atoms with E-state index in [1.807, 2.05) is 32.9 Å². The van der Waals surface area contributed by atoms with Crippen LogP contribution in [0, 0.1) is 5.82 Å². The number of sulfonamides is 1. The number of amides is 2. The summed E-state index contributed by atoms with van der Waals surface area (Å²) in [6.07, 6.45) is 0.944. The van der Waals surface area contributed by atoms with Crippen LogP contribution < -0.4 is 9.62 Å². The summed E-state index contributed by atoms with van der Waals surface area (Å²) < 4.78 is 40.3. The number of anilines is 1. The van der Waals surface area contributed by atoms with Crippen LogP contribution in [0.4, 0.5) is 10.1 Å². The van der Waals surface area contributed by atoms with E-state index in [2.05, 4.69) is 21.2 Å². The molecule has 2 amide bonds. The van der Waals surface area contributed by atoms with Gasteiger partial charge in [-0.15, -0.1) is 0 Å². The van der Waals surface area contributed by atoms with Crippen molar-refractivity contribution in [1.82, 2.24) is 10.2 Å². The fourth-order valence-electron chi connectivity index (χ4n) is 3.09. The van der Waals surface area contributed by atoms with Crippen molar-refractivity contribution in [1.29, 1.82) is 0 Å². The summed E-state index contributed by atoms with van der Waals surface area (Å²) in [4.78, 5) is 27.6. The van der Waals surface area contributed by atoms with E-state index in [1.165, 1.54) is 23.1 Å². The zero-order valence-corrected chi connectivity index (χ0v) is 21.7. The summed E-state index contributed by atoms with van der Waals surface area (Å²) in [5.41, 5.74) is 0.276. The summed E-state index contributed by atoms with van der Waals surface area (Å²) in [6, 6.07) is 11.4. The van der Waals surface area contributed by atoms with Gasteiger partial charge in [0.1, 0.15) is 18.4 Å². The molecule has 0 aliphatic rings.